The lowest BCUT2D eigenvalue weighted by Crippen LogP contribution is -2.15. The molecule has 0 bridgehead atoms. The normalized spacial score (nSPS) is 12.4. The van der Waals surface area contributed by atoms with Gasteiger partial charge in [0.25, 0.3) is 0 Å². The summed E-state index contributed by atoms with van der Waals surface area (Å²) >= 11 is 12.4. The number of rotatable bonds is 4. The molecule has 3 nitrogen and oxygen atoms in total. The number of nitrogens with two attached hydrogens (primary N) is 1. The topological polar surface area (TPSA) is 48.0 Å². The average Bonchev–Trinajstić information content (AvgIpc) is 3.15. The van der Waals surface area contributed by atoms with Crippen molar-refractivity contribution >= 4 is 50.9 Å². The fourth-order valence-electron chi connectivity index (χ4n) is 4.74. The highest BCUT2D eigenvalue weighted by molar-refractivity contribution is 6.36. The Morgan fingerprint density at radius 3 is 2.21 bits per heavy atom. The summed E-state index contributed by atoms with van der Waals surface area (Å²) in [4.78, 5) is 12.2. The summed E-state index contributed by atoms with van der Waals surface area (Å²) in [5.74, 6) is -0.741. The molecule has 2 N–H and O–H groups in total. The Kier molecular flexibility index (Phi) is 6.55. The molecule has 0 saturated heterocycles. The van der Waals surface area contributed by atoms with Gasteiger partial charge in [0.2, 0.25) is 5.91 Å². The second kappa shape index (κ2) is 9.50. The van der Waals surface area contributed by atoms with Gasteiger partial charge in [-0.3, -0.25) is 4.79 Å². The molecule has 200 valence electrons. The fourth-order valence-corrected chi connectivity index (χ4v) is 5.25. The number of aromatic nitrogens is 1. The van der Waals surface area contributed by atoms with E-state index in [1.165, 1.54) is 16.7 Å². The maximum Gasteiger partial charge on any atom is 0.416 e. The summed E-state index contributed by atoms with van der Waals surface area (Å²) < 4.78 is 83.0. The zero-order chi connectivity index (χ0) is 28.3. The van der Waals surface area contributed by atoms with E-state index in [1.807, 2.05) is 0 Å². The standard InChI is InChI=1S/C28H16Cl2F6N2O/c29-17-7-9-18(22(30)12-17)14-5-8-19-24(10-14)38(23-3-1-2-20(25(19)23)26(37)39)13-15-4-6-16(27(31,32)33)11-21(15)28(34,35)36/h1-12H,13H2,(H2,37,39). The molecule has 5 rings (SSSR count). The van der Waals surface area contributed by atoms with Crippen LogP contribution in [0.3, 0.4) is 0 Å². The number of carbonyl (C=O) groups excluding carboxylic acids is 1. The number of hydrogen-bond acceptors (Lipinski definition) is 1. The van der Waals surface area contributed by atoms with Crippen molar-refractivity contribution in [3.63, 3.8) is 0 Å². The number of nitrogens with zero attached hydrogens (tertiary/aromatic N) is 1. The molecule has 4 aromatic carbocycles. The number of primary amides is 1. The van der Waals surface area contributed by atoms with E-state index in [1.54, 1.807) is 42.5 Å². The molecular weight excluding hydrogens is 565 g/mol. The van der Waals surface area contributed by atoms with Crippen molar-refractivity contribution in [2.75, 3.05) is 0 Å². The van der Waals surface area contributed by atoms with Crippen LogP contribution in [0.1, 0.15) is 27.0 Å². The highest BCUT2D eigenvalue weighted by Crippen LogP contribution is 2.40. The van der Waals surface area contributed by atoms with Gasteiger partial charge >= 0.3 is 12.4 Å². The van der Waals surface area contributed by atoms with E-state index < -0.39 is 35.9 Å². The van der Waals surface area contributed by atoms with Crippen LogP contribution in [0.15, 0.2) is 72.8 Å². The number of benzene rings is 4. The molecule has 0 radical (unpaired) electrons. The average molecular weight is 581 g/mol. The third-order valence-electron chi connectivity index (χ3n) is 6.47. The molecule has 0 aliphatic heterocycles. The number of alkyl halides is 6. The predicted octanol–water partition coefficient (Wildman–Crippen LogP) is 8.95. The number of hydrogen-bond donors (Lipinski definition) is 1. The maximum absolute atomic E-state index is 13.9. The molecule has 0 unspecified atom stereocenters. The van der Waals surface area contributed by atoms with Gasteiger partial charge in [0, 0.05) is 38.5 Å². The second-order valence-electron chi connectivity index (χ2n) is 8.87. The van der Waals surface area contributed by atoms with Gasteiger partial charge < -0.3 is 10.3 Å². The SMILES string of the molecule is NC(=O)c1cccc2c1c1ccc(-c3ccc(Cl)cc3Cl)cc1n2Cc1ccc(C(F)(F)F)cc1C(F)(F)F. The quantitative estimate of drug-likeness (QED) is 0.212. The third-order valence-corrected chi connectivity index (χ3v) is 7.02. The molecule has 0 spiro atoms. The van der Waals surface area contributed by atoms with Crippen molar-refractivity contribution in [1.29, 1.82) is 0 Å². The molecule has 0 fully saturated rings. The Hall–Kier alpha value is -3.69. The van der Waals surface area contributed by atoms with E-state index in [-0.39, 0.29) is 17.2 Å². The van der Waals surface area contributed by atoms with Crippen LogP contribution >= 0.6 is 23.2 Å². The Balaban J connectivity index is 1.80. The lowest BCUT2D eigenvalue weighted by Gasteiger charge is -2.17. The van der Waals surface area contributed by atoms with Gasteiger partial charge in [0.15, 0.2) is 0 Å². The third kappa shape index (κ3) is 4.92. The molecule has 39 heavy (non-hydrogen) atoms. The summed E-state index contributed by atoms with van der Waals surface area (Å²) in [5, 5.41) is 1.68. The van der Waals surface area contributed by atoms with Crippen molar-refractivity contribution < 1.29 is 31.1 Å². The molecule has 1 amide bonds. The van der Waals surface area contributed by atoms with Crippen LogP contribution in [0.4, 0.5) is 26.3 Å². The first kappa shape index (κ1) is 26.9. The highest BCUT2D eigenvalue weighted by atomic mass is 35.5. The number of fused-ring (bicyclic) bond motifs is 3. The zero-order valence-electron chi connectivity index (χ0n) is 19.6. The van der Waals surface area contributed by atoms with E-state index in [0.717, 1.165) is 6.07 Å². The van der Waals surface area contributed by atoms with E-state index in [9.17, 15) is 31.1 Å². The lowest BCUT2D eigenvalue weighted by atomic mass is 10.0. The largest absolute Gasteiger partial charge is 0.416 e. The van der Waals surface area contributed by atoms with Crippen LogP contribution in [-0.4, -0.2) is 10.5 Å². The number of halogens is 8. The smallest absolute Gasteiger partial charge is 0.366 e. The summed E-state index contributed by atoms with van der Waals surface area (Å²) in [7, 11) is 0. The van der Waals surface area contributed by atoms with Gasteiger partial charge in [-0.25, -0.2) is 0 Å². The van der Waals surface area contributed by atoms with E-state index in [0.29, 0.717) is 49.0 Å². The summed E-state index contributed by atoms with van der Waals surface area (Å²) in [6, 6.07) is 16.2. The molecule has 0 saturated carbocycles. The van der Waals surface area contributed by atoms with Crippen molar-refractivity contribution in [3.8, 4) is 11.1 Å². The van der Waals surface area contributed by atoms with Crippen LogP contribution in [0.2, 0.25) is 10.0 Å². The van der Waals surface area contributed by atoms with E-state index in [4.69, 9.17) is 28.9 Å². The van der Waals surface area contributed by atoms with Crippen molar-refractivity contribution in [2.24, 2.45) is 5.73 Å². The minimum atomic E-state index is -5.05. The second-order valence-corrected chi connectivity index (χ2v) is 9.72. The summed E-state index contributed by atoms with van der Waals surface area (Å²) in [6.45, 7) is -0.438. The van der Waals surface area contributed by atoms with Crippen LogP contribution in [0, 0.1) is 0 Å². The number of carbonyl (C=O) groups is 1. The van der Waals surface area contributed by atoms with Crippen molar-refractivity contribution in [1.82, 2.24) is 4.57 Å². The van der Waals surface area contributed by atoms with Gasteiger partial charge in [-0.2, -0.15) is 26.3 Å². The first-order valence-corrected chi connectivity index (χ1v) is 12.1. The van der Waals surface area contributed by atoms with Gasteiger partial charge in [0.05, 0.1) is 22.2 Å². The zero-order valence-corrected chi connectivity index (χ0v) is 21.1. The Bertz CT molecular complexity index is 1770. The van der Waals surface area contributed by atoms with Crippen molar-refractivity contribution in [2.45, 2.75) is 18.9 Å². The van der Waals surface area contributed by atoms with Gasteiger partial charge in [-0.05, 0) is 53.6 Å². The minimum Gasteiger partial charge on any atom is -0.366 e. The van der Waals surface area contributed by atoms with Gasteiger partial charge in [-0.1, -0.05) is 53.5 Å². The molecule has 5 aromatic rings. The van der Waals surface area contributed by atoms with Gasteiger partial charge in [0.1, 0.15) is 0 Å². The molecule has 1 aromatic heterocycles. The molecule has 0 aliphatic rings. The Morgan fingerprint density at radius 2 is 1.56 bits per heavy atom. The Labute approximate surface area is 227 Å². The summed E-state index contributed by atoms with van der Waals surface area (Å²) in [6.07, 6.45) is -10.00. The maximum atomic E-state index is 13.9. The first-order valence-electron chi connectivity index (χ1n) is 11.3. The highest BCUT2D eigenvalue weighted by Gasteiger charge is 2.38. The first-order chi connectivity index (χ1) is 18.3. The van der Waals surface area contributed by atoms with E-state index >= 15 is 0 Å². The van der Waals surface area contributed by atoms with Crippen LogP contribution in [0.25, 0.3) is 32.9 Å². The predicted molar refractivity (Wildman–Crippen MR) is 139 cm³/mol. The molecule has 1 heterocycles. The monoisotopic (exact) mass is 580 g/mol. The molecule has 0 atom stereocenters. The molecule has 0 aliphatic carbocycles. The summed E-state index contributed by atoms with van der Waals surface area (Å²) in [5.41, 5.74) is 4.56. The Morgan fingerprint density at radius 1 is 0.821 bits per heavy atom. The van der Waals surface area contributed by atoms with E-state index in [2.05, 4.69) is 0 Å². The minimum absolute atomic E-state index is 0.108. The lowest BCUT2D eigenvalue weighted by molar-refractivity contribution is -0.143. The molecular formula is C28H16Cl2F6N2O. The van der Waals surface area contributed by atoms with Crippen molar-refractivity contribution in [3.05, 3.63) is 105 Å². The fraction of sp³-hybridized carbons (Fsp3) is 0.107. The van der Waals surface area contributed by atoms with Crippen LogP contribution in [-0.2, 0) is 18.9 Å². The van der Waals surface area contributed by atoms with Gasteiger partial charge in [-0.15, -0.1) is 0 Å². The van der Waals surface area contributed by atoms with Crippen LogP contribution < -0.4 is 5.73 Å². The number of amides is 1. The molecule has 11 heteroatoms. The van der Waals surface area contributed by atoms with Crippen LogP contribution in [0.5, 0.6) is 0 Å².